The summed E-state index contributed by atoms with van der Waals surface area (Å²) in [5.74, 6) is 0.282. The molecule has 1 saturated heterocycles. The highest BCUT2D eigenvalue weighted by Crippen LogP contribution is 2.09. The van der Waals surface area contributed by atoms with Crippen LogP contribution in [0.5, 0.6) is 0 Å². The van der Waals surface area contributed by atoms with Gasteiger partial charge >= 0.3 is 0 Å². The van der Waals surface area contributed by atoms with Crippen LogP contribution in [0.25, 0.3) is 0 Å². The minimum Gasteiger partial charge on any atom is -0.342 e. The number of piperidine rings is 1. The molecule has 0 aliphatic carbocycles. The van der Waals surface area contributed by atoms with Gasteiger partial charge in [-0.15, -0.1) is 0 Å². The monoisotopic (exact) mass is 184 g/mol. The normalized spacial score (nSPS) is 22.8. The van der Waals surface area contributed by atoms with Crippen LogP contribution in [-0.2, 0) is 4.79 Å². The van der Waals surface area contributed by atoms with E-state index >= 15 is 0 Å². The summed E-state index contributed by atoms with van der Waals surface area (Å²) in [5.41, 5.74) is 0. The van der Waals surface area contributed by atoms with Crippen LogP contribution >= 0.6 is 0 Å². The van der Waals surface area contributed by atoms with Crippen LogP contribution in [0.2, 0.25) is 0 Å². The topological polar surface area (TPSA) is 32.3 Å². The molecule has 1 fully saturated rings. The fraction of sp³-hybridized carbons (Fsp3) is 0.900. The number of hydrogen-bond donors (Lipinski definition) is 1. The highest BCUT2D eigenvalue weighted by molar-refractivity contribution is 5.81. The summed E-state index contributed by atoms with van der Waals surface area (Å²) in [5, 5.41) is 3.28. The van der Waals surface area contributed by atoms with Crippen molar-refractivity contribution >= 4 is 5.91 Å². The summed E-state index contributed by atoms with van der Waals surface area (Å²) in [6, 6.07) is 0.0913. The zero-order chi connectivity index (χ0) is 9.68. The van der Waals surface area contributed by atoms with Crippen molar-refractivity contribution in [1.29, 1.82) is 0 Å². The zero-order valence-corrected chi connectivity index (χ0v) is 8.68. The first-order valence-corrected chi connectivity index (χ1v) is 5.31. The quantitative estimate of drug-likeness (QED) is 0.709. The van der Waals surface area contributed by atoms with Gasteiger partial charge < -0.3 is 10.2 Å². The molecule has 1 heterocycles. The highest BCUT2D eigenvalue weighted by atomic mass is 16.2. The summed E-state index contributed by atoms with van der Waals surface area (Å²) in [4.78, 5) is 13.7. The summed E-state index contributed by atoms with van der Waals surface area (Å²) >= 11 is 0. The van der Waals surface area contributed by atoms with Crippen LogP contribution < -0.4 is 5.32 Å². The minimum atomic E-state index is 0.0913. The van der Waals surface area contributed by atoms with Gasteiger partial charge in [0.2, 0.25) is 5.91 Å². The number of carbonyl (C=O) groups is 1. The standard InChI is InChI=1S/C10H20N2O/c1-3-12(4-2)10(13)9-7-5-6-8-11-9/h9,11H,3-8H2,1-2H3/t9-/m0/s1. The number of carbonyl (C=O) groups excluding carboxylic acids is 1. The van der Waals surface area contributed by atoms with Crippen LogP contribution in [0.3, 0.4) is 0 Å². The van der Waals surface area contributed by atoms with Crippen LogP contribution in [0, 0.1) is 0 Å². The van der Waals surface area contributed by atoms with Gasteiger partial charge in [0.15, 0.2) is 0 Å². The van der Waals surface area contributed by atoms with E-state index in [-0.39, 0.29) is 11.9 Å². The van der Waals surface area contributed by atoms with Gasteiger partial charge in [0.1, 0.15) is 0 Å². The van der Waals surface area contributed by atoms with Crippen molar-refractivity contribution in [2.75, 3.05) is 19.6 Å². The van der Waals surface area contributed by atoms with E-state index in [4.69, 9.17) is 0 Å². The Labute approximate surface area is 80.5 Å². The Morgan fingerprint density at radius 1 is 1.38 bits per heavy atom. The molecule has 3 heteroatoms. The first kappa shape index (κ1) is 10.5. The van der Waals surface area contributed by atoms with Crippen LogP contribution in [0.15, 0.2) is 0 Å². The third kappa shape index (κ3) is 2.69. The van der Waals surface area contributed by atoms with Crippen LogP contribution in [0.4, 0.5) is 0 Å². The predicted molar refractivity (Wildman–Crippen MR) is 53.6 cm³/mol. The lowest BCUT2D eigenvalue weighted by molar-refractivity contribution is -0.133. The SMILES string of the molecule is CCN(CC)C(=O)[C@@H]1CCCCN1. The molecule has 1 aliphatic rings. The number of rotatable bonds is 3. The van der Waals surface area contributed by atoms with E-state index in [1.165, 1.54) is 12.8 Å². The number of nitrogens with one attached hydrogen (secondary N) is 1. The summed E-state index contributed by atoms with van der Waals surface area (Å²) in [7, 11) is 0. The largest absolute Gasteiger partial charge is 0.342 e. The van der Waals surface area contributed by atoms with Crippen molar-refractivity contribution in [3.05, 3.63) is 0 Å². The maximum absolute atomic E-state index is 11.8. The van der Waals surface area contributed by atoms with E-state index in [0.29, 0.717) is 0 Å². The number of amides is 1. The van der Waals surface area contributed by atoms with E-state index in [1.54, 1.807) is 0 Å². The van der Waals surface area contributed by atoms with E-state index in [2.05, 4.69) is 5.32 Å². The molecule has 0 unspecified atom stereocenters. The zero-order valence-electron chi connectivity index (χ0n) is 8.68. The third-order valence-electron chi connectivity index (χ3n) is 2.68. The van der Waals surface area contributed by atoms with Gasteiger partial charge in [0.05, 0.1) is 6.04 Å². The predicted octanol–water partition coefficient (Wildman–Crippen LogP) is 0.997. The molecule has 13 heavy (non-hydrogen) atoms. The molecular weight excluding hydrogens is 164 g/mol. The molecule has 76 valence electrons. The number of hydrogen-bond acceptors (Lipinski definition) is 2. The Morgan fingerprint density at radius 3 is 2.54 bits per heavy atom. The van der Waals surface area contributed by atoms with Crippen LogP contribution in [0.1, 0.15) is 33.1 Å². The van der Waals surface area contributed by atoms with Gasteiger partial charge in [0.25, 0.3) is 0 Å². The van der Waals surface area contributed by atoms with E-state index in [9.17, 15) is 4.79 Å². The molecule has 0 saturated carbocycles. The molecule has 1 aliphatic heterocycles. The molecule has 1 N–H and O–H groups in total. The average Bonchev–Trinajstić information content (AvgIpc) is 2.21. The molecule has 1 amide bonds. The van der Waals surface area contributed by atoms with Crippen LogP contribution in [-0.4, -0.2) is 36.5 Å². The van der Waals surface area contributed by atoms with E-state index < -0.39 is 0 Å². The van der Waals surface area contributed by atoms with Gasteiger partial charge in [-0.2, -0.15) is 0 Å². The Morgan fingerprint density at radius 2 is 2.08 bits per heavy atom. The number of nitrogens with zero attached hydrogens (tertiary/aromatic N) is 1. The molecule has 0 aromatic rings. The van der Waals surface area contributed by atoms with Gasteiger partial charge in [-0.05, 0) is 33.2 Å². The van der Waals surface area contributed by atoms with Crippen molar-refractivity contribution in [3.8, 4) is 0 Å². The van der Waals surface area contributed by atoms with Crippen molar-refractivity contribution in [3.63, 3.8) is 0 Å². The fourth-order valence-corrected chi connectivity index (χ4v) is 1.82. The smallest absolute Gasteiger partial charge is 0.239 e. The van der Waals surface area contributed by atoms with Gasteiger partial charge in [0, 0.05) is 13.1 Å². The Bertz CT molecular complexity index is 160. The molecular formula is C10H20N2O. The Hall–Kier alpha value is -0.570. The second-order valence-corrected chi connectivity index (χ2v) is 3.51. The highest BCUT2D eigenvalue weighted by Gasteiger charge is 2.23. The molecule has 0 radical (unpaired) electrons. The van der Waals surface area contributed by atoms with Crippen molar-refractivity contribution in [2.24, 2.45) is 0 Å². The fourth-order valence-electron chi connectivity index (χ4n) is 1.82. The molecule has 0 aromatic heterocycles. The molecule has 0 spiro atoms. The first-order chi connectivity index (χ1) is 6.29. The van der Waals surface area contributed by atoms with Crippen molar-refractivity contribution in [2.45, 2.75) is 39.2 Å². The lowest BCUT2D eigenvalue weighted by Gasteiger charge is -2.28. The molecule has 3 nitrogen and oxygen atoms in total. The number of likely N-dealkylation sites (N-methyl/N-ethyl adjacent to an activating group) is 1. The molecule has 0 aromatic carbocycles. The van der Waals surface area contributed by atoms with Crippen molar-refractivity contribution < 1.29 is 4.79 Å². The maximum atomic E-state index is 11.8. The minimum absolute atomic E-state index is 0.0913. The summed E-state index contributed by atoms with van der Waals surface area (Å²) in [6.07, 6.45) is 3.40. The van der Waals surface area contributed by atoms with E-state index in [0.717, 1.165) is 26.1 Å². The van der Waals surface area contributed by atoms with Gasteiger partial charge in [-0.1, -0.05) is 6.42 Å². The average molecular weight is 184 g/mol. The molecule has 1 rings (SSSR count). The Balaban J connectivity index is 2.44. The second kappa shape index (κ2) is 5.22. The molecule has 0 bridgehead atoms. The second-order valence-electron chi connectivity index (χ2n) is 3.51. The lowest BCUT2D eigenvalue weighted by atomic mass is 10.0. The van der Waals surface area contributed by atoms with Gasteiger partial charge in [-0.25, -0.2) is 0 Å². The van der Waals surface area contributed by atoms with Crippen molar-refractivity contribution in [1.82, 2.24) is 10.2 Å². The Kier molecular flexibility index (Phi) is 4.22. The lowest BCUT2D eigenvalue weighted by Crippen LogP contribution is -2.48. The summed E-state index contributed by atoms with van der Waals surface area (Å²) in [6.45, 7) is 6.72. The summed E-state index contributed by atoms with van der Waals surface area (Å²) < 4.78 is 0. The van der Waals surface area contributed by atoms with Gasteiger partial charge in [-0.3, -0.25) is 4.79 Å². The maximum Gasteiger partial charge on any atom is 0.239 e. The van der Waals surface area contributed by atoms with E-state index in [1.807, 2.05) is 18.7 Å². The third-order valence-corrected chi connectivity index (χ3v) is 2.68. The molecule has 1 atom stereocenters. The first-order valence-electron chi connectivity index (χ1n) is 5.31.